The third-order valence-electron chi connectivity index (χ3n) is 3.53. The summed E-state index contributed by atoms with van der Waals surface area (Å²) < 4.78 is 18.1. The Morgan fingerprint density at radius 3 is 2.23 bits per heavy atom. The van der Waals surface area contributed by atoms with Crippen molar-refractivity contribution in [1.82, 2.24) is 0 Å². The molecule has 0 radical (unpaired) electrons. The fourth-order valence-electron chi connectivity index (χ4n) is 2.14. The molecule has 0 heterocycles. The van der Waals surface area contributed by atoms with E-state index in [4.69, 9.17) is 10.00 Å². The van der Waals surface area contributed by atoms with Crippen LogP contribution in [0.15, 0.2) is 77.8 Å². The lowest BCUT2D eigenvalue weighted by Crippen LogP contribution is -2.08. The summed E-state index contributed by atoms with van der Waals surface area (Å²) >= 11 is 0. The van der Waals surface area contributed by atoms with Crippen LogP contribution in [0.5, 0.6) is 5.75 Å². The minimum atomic E-state index is -0.497. The highest BCUT2D eigenvalue weighted by molar-refractivity contribution is 5.91. The number of esters is 1. The van der Waals surface area contributed by atoms with Gasteiger partial charge < -0.3 is 4.74 Å². The molecule has 3 aromatic carbocycles. The average Bonchev–Trinajstić information content (AvgIpc) is 2.68. The van der Waals surface area contributed by atoms with Crippen molar-refractivity contribution in [1.29, 1.82) is 5.26 Å². The van der Waals surface area contributed by atoms with Gasteiger partial charge in [-0.05, 0) is 66.2 Å². The SMILES string of the molecule is N#Cc1ccc(OC(=O)c2ccc(N=Cc3ccc(F)cc3)cc2)cc1. The predicted octanol–water partition coefficient (Wildman–Crippen LogP) is 4.67. The van der Waals surface area contributed by atoms with Crippen molar-refractivity contribution in [2.24, 2.45) is 4.99 Å². The minimum Gasteiger partial charge on any atom is -0.423 e. The summed E-state index contributed by atoms with van der Waals surface area (Å²) in [7, 11) is 0. The molecule has 0 bridgehead atoms. The summed E-state index contributed by atoms with van der Waals surface area (Å²) in [5.74, 6) is -0.427. The molecule has 0 saturated carbocycles. The van der Waals surface area contributed by atoms with Crippen molar-refractivity contribution in [2.45, 2.75) is 0 Å². The highest BCUT2D eigenvalue weighted by Gasteiger charge is 2.08. The molecular weight excluding hydrogens is 331 g/mol. The number of rotatable bonds is 4. The standard InChI is InChI=1S/C21H13FN2O2/c22-18-7-1-16(2-8-18)14-24-19-9-5-17(6-10-19)21(25)26-20-11-3-15(13-23)4-12-20/h1-12,14H. The number of hydrogen-bond donors (Lipinski definition) is 0. The monoisotopic (exact) mass is 344 g/mol. The van der Waals surface area contributed by atoms with Gasteiger partial charge in [0.2, 0.25) is 0 Å². The van der Waals surface area contributed by atoms with Crippen LogP contribution in [0.4, 0.5) is 10.1 Å². The largest absolute Gasteiger partial charge is 0.423 e. The Kier molecular flexibility index (Phi) is 5.16. The predicted molar refractivity (Wildman–Crippen MR) is 96.2 cm³/mol. The molecular formula is C21H13FN2O2. The van der Waals surface area contributed by atoms with E-state index in [1.807, 2.05) is 6.07 Å². The van der Waals surface area contributed by atoms with Crippen LogP contribution in [-0.4, -0.2) is 12.2 Å². The number of aliphatic imine (C=N–C) groups is 1. The lowest BCUT2D eigenvalue weighted by Gasteiger charge is -2.04. The summed E-state index contributed by atoms with van der Waals surface area (Å²) in [5, 5.41) is 8.76. The van der Waals surface area contributed by atoms with Crippen LogP contribution in [0.3, 0.4) is 0 Å². The van der Waals surface area contributed by atoms with Crippen LogP contribution in [0.1, 0.15) is 21.5 Å². The zero-order valence-electron chi connectivity index (χ0n) is 13.6. The zero-order chi connectivity index (χ0) is 18.4. The van der Waals surface area contributed by atoms with Crippen LogP contribution >= 0.6 is 0 Å². The molecule has 0 fully saturated rings. The molecule has 3 rings (SSSR count). The van der Waals surface area contributed by atoms with Crippen molar-refractivity contribution in [3.05, 3.63) is 95.3 Å². The number of carbonyl (C=O) groups excluding carboxylic acids is 1. The normalized spacial score (nSPS) is 10.5. The Morgan fingerprint density at radius 2 is 1.62 bits per heavy atom. The van der Waals surface area contributed by atoms with E-state index < -0.39 is 5.97 Å². The quantitative estimate of drug-likeness (QED) is 0.393. The van der Waals surface area contributed by atoms with Crippen molar-refractivity contribution in [2.75, 3.05) is 0 Å². The van der Waals surface area contributed by atoms with E-state index in [2.05, 4.69) is 4.99 Å². The maximum Gasteiger partial charge on any atom is 0.343 e. The smallest absolute Gasteiger partial charge is 0.343 e. The van der Waals surface area contributed by atoms with Crippen molar-refractivity contribution < 1.29 is 13.9 Å². The molecule has 0 unspecified atom stereocenters. The van der Waals surface area contributed by atoms with Crippen molar-refractivity contribution >= 4 is 17.9 Å². The molecule has 0 atom stereocenters. The molecule has 0 aliphatic heterocycles. The molecule has 5 heteroatoms. The maximum absolute atomic E-state index is 12.9. The summed E-state index contributed by atoms with van der Waals surface area (Å²) in [6, 6.07) is 20.9. The Labute approximate surface area is 149 Å². The molecule has 126 valence electrons. The van der Waals surface area contributed by atoms with Crippen LogP contribution < -0.4 is 4.74 Å². The van der Waals surface area contributed by atoms with Gasteiger partial charge in [-0.2, -0.15) is 5.26 Å². The third kappa shape index (κ3) is 4.40. The third-order valence-corrected chi connectivity index (χ3v) is 3.53. The first-order chi connectivity index (χ1) is 12.6. The van der Waals surface area contributed by atoms with Crippen LogP contribution in [0.2, 0.25) is 0 Å². The van der Waals surface area contributed by atoms with Gasteiger partial charge in [0.25, 0.3) is 0 Å². The second kappa shape index (κ2) is 7.86. The first-order valence-corrected chi connectivity index (χ1v) is 7.76. The van der Waals surface area contributed by atoms with Gasteiger partial charge in [0, 0.05) is 6.21 Å². The number of halogens is 1. The molecule has 0 spiro atoms. The zero-order valence-corrected chi connectivity index (χ0v) is 13.6. The van der Waals surface area contributed by atoms with E-state index in [0.29, 0.717) is 22.6 Å². The molecule has 0 N–H and O–H groups in total. The van der Waals surface area contributed by atoms with Crippen LogP contribution in [0, 0.1) is 17.1 Å². The second-order valence-electron chi connectivity index (χ2n) is 5.38. The first kappa shape index (κ1) is 17.1. The molecule has 26 heavy (non-hydrogen) atoms. The number of benzene rings is 3. The van der Waals surface area contributed by atoms with Crippen LogP contribution in [-0.2, 0) is 0 Å². The topological polar surface area (TPSA) is 62.4 Å². The molecule has 0 aliphatic rings. The van der Waals surface area contributed by atoms with E-state index in [1.165, 1.54) is 12.1 Å². The number of nitriles is 1. The summed E-state index contributed by atoms with van der Waals surface area (Å²) in [4.78, 5) is 16.4. The van der Waals surface area contributed by atoms with E-state index >= 15 is 0 Å². The van der Waals surface area contributed by atoms with Gasteiger partial charge in [0.15, 0.2) is 0 Å². The van der Waals surface area contributed by atoms with E-state index in [-0.39, 0.29) is 5.82 Å². The van der Waals surface area contributed by atoms with Gasteiger partial charge in [-0.3, -0.25) is 4.99 Å². The Bertz CT molecular complexity index is 971. The fourth-order valence-corrected chi connectivity index (χ4v) is 2.14. The Morgan fingerprint density at radius 1 is 0.962 bits per heavy atom. The Hall–Kier alpha value is -3.78. The van der Waals surface area contributed by atoms with Gasteiger partial charge >= 0.3 is 5.97 Å². The number of carbonyl (C=O) groups is 1. The van der Waals surface area contributed by atoms with E-state index in [1.54, 1.807) is 66.9 Å². The summed E-state index contributed by atoms with van der Waals surface area (Å²) in [6.07, 6.45) is 1.61. The van der Waals surface area contributed by atoms with E-state index in [0.717, 1.165) is 5.56 Å². The highest BCUT2D eigenvalue weighted by atomic mass is 19.1. The van der Waals surface area contributed by atoms with Gasteiger partial charge in [0.05, 0.1) is 22.9 Å². The van der Waals surface area contributed by atoms with Gasteiger partial charge in [-0.25, -0.2) is 9.18 Å². The first-order valence-electron chi connectivity index (χ1n) is 7.76. The van der Waals surface area contributed by atoms with Crippen LogP contribution in [0.25, 0.3) is 0 Å². The number of nitrogens with zero attached hydrogens (tertiary/aromatic N) is 2. The highest BCUT2D eigenvalue weighted by Crippen LogP contribution is 2.17. The number of hydrogen-bond acceptors (Lipinski definition) is 4. The second-order valence-corrected chi connectivity index (χ2v) is 5.38. The van der Waals surface area contributed by atoms with Gasteiger partial charge in [0.1, 0.15) is 11.6 Å². The molecule has 0 aliphatic carbocycles. The average molecular weight is 344 g/mol. The summed E-state index contributed by atoms with van der Waals surface area (Å²) in [6.45, 7) is 0. The fraction of sp³-hybridized carbons (Fsp3) is 0. The van der Waals surface area contributed by atoms with Crippen molar-refractivity contribution in [3.8, 4) is 11.8 Å². The molecule has 0 saturated heterocycles. The molecule has 3 aromatic rings. The maximum atomic E-state index is 12.9. The minimum absolute atomic E-state index is 0.299. The lowest BCUT2D eigenvalue weighted by molar-refractivity contribution is 0.0735. The molecule has 0 amide bonds. The molecule has 4 nitrogen and oxygen atoms in total. The lowest BCUT2D eigenvalue weighted by atomic mass is 10.2. The Balaban J connectivity index is 1.65. The molecule has 0 aromatic heterocycles. The summed E-state index contributed by atoms with van der Waals surface area (Å²) in [5.41, 5.74) is 2.31. The van der Waals surface area contributed by atoms with Gasteiger partial charge in [-0.15, -0.1) is 0 Å². The van der Waals surface area contributed by atoms with Crippen molar-refractivity contribution in [3.63, 3.8) is 0 Å². The van der Waals surface area contributed by atoms with E-state index in [9.17, 15) is 9.18 Å². The van der Waals surface area contributed by atoms with Gasteiger partial charge in [-0.1, -0.05) is 12.1 Å². The number of ether oxygens (including phenoxy) is 1.